The van der Waals surface area contributed by atoms with E-state index in [1.807, 2.05) is 14.2 Å². The van der Waals surface area contributed by atoms with Crippen molar-refractivity contribution in [2.45, 2.75) is 219 Å². The van der Waals surface area contributed by atoms with Crippen LogP contribution in [-0.4, -0.2) is 22.8 Å². The van der Waals surface area contributed by atoms with E-state index in [4.69, 9.17) is 8.85 Å². The highest BCUT2D eigenvalue weighted by Crippen LogP contribution is 2.25. The van der Waals surface area contributed by atoms with Gasteiger partial charge in [0, 0.05) is 14.2 Å². The molecule has 0 radical (unpaired) electrons. The standard InChI is InChI=1S/C36H76O2Si/c1-5-7-9-11-13-15-17-19-20-21-22-24-26-28-30-32-34-36-39(37-3,38-4)35-33-31-29-27-25-23-18-16-14-12-10-8-6-2/h5-36H2,1-4H3. The summed E-state index contributed by atoms with van der Waals surface area (Å²) < 4.78 is 12.1. The summed E-state index contributed by atoms with van der Waals surface area (Å²) in [5.41, 5.74) is 0. The van der Waals surface area contributed by atoms with E-state index in [2.05, 4.69) is 13.8 Å². The molecule has 0 saturated heterocycles. The van der Waals surface area contributed by atoms with Gasteiger partial charge in [-0.2, -0.15) is 0 Å². The zero-order valence-electron chi connectivity index (χ0n) is 27.9. The Balaban J connectivity index is 3.51. The van der Waals surface area contributed by atoms with Gasteiger partial charge in [-0.25, -0.2) is 0 Å². The Morgan fingerprint density at radius 1 is 0.282 bits per heavy atom. The fourth-order valence-corrected chi connectivity index (χ4v) is 8.96. The molecule has 0 heterocycles. The number of hydrogen-bond acceptors (Lipinski definition) is 2. The van der Waals surface area contributed by atoms with E-state index in [0.717, 1.165) is 0 Å². The van der Waals surface area contributed by atoms with Gasteiger partial charge in [0.2, 0.25) is 0 Å². The van der Waals surface area contributed by atoms with Gasteiger partial charge in [-0.15, -0.1) is 0 Å². The summed E-state index contributed by atoms with van der Waals surface area (Å²) in [7, 11) is 1.86. The summed E-state index contributed by atoms with van der Waals surface area (Å²) in [4.78, 5) is 0. The van der Waals surface area contributed by atoms with Crippen LogP contribution in [0.2, 0.25) is 12.1 Å². The Morgan fingerprint density at radius 2 is 0.462 bits per heavy atom. The van der Waals surface area contributed by atoms with Crippen molar-refractivity contribution in [3.63, 3.8) is 0 Å². The van der Waals surface area contributed by atoms with Gasteiger partial charge >= 0.3 is 8.56 Å². The van der Waals surface area contributed by atoms with Crippen LogP contribution in [0.3, 0.4) is 0 Å². The first-order chi connectivity index (χ1) is 19.2. The third kappa shape index (κ3) is 28.0. The lowest BCUT2D eigenvalue weighted by atomic mass is 10.0. The lowest BCUT2D eigenvalue weighted by Gasteiger charge is -2.27. The van der Waals surface area contributed by atoms with Crippen molar-refractivity contribution in [3.05, 3.63) is 0 Å². The molecule has 0 fully saturated rings. The van der Waals surface area contributed by atoms with Crippen LogP contribution < -0.4 is 0 Å². The van der Waals surface area contributed by atoms with Crippen molar-refractivity contribution in [3.8, 4) is 0 Å². The number of hydrogen-bond donors (Lipinski definition) is 0. The van der Waals surface area contributed by atoms with Crippen molar-refractivity contribution >= 4 is 8.56 Å². The molecule has 2 nitrogen and oxygen atoms in total. The molecule has 236 valence electrons. The lowest BCUT2D eigenvalue weighted by Crippen LogP contribution is -2.39. The Hall–Kier alpha value is 0.137. The van der Waals surface area contributed by atoms with Gasteiger partial charge < -0.3 is 8.85 Å². The molecule has 0 aromatic heterocycles. The van der Waals surface area contributed by atoms with Crippen LogP contribution in [0.1, 0.15) is 206 Å². The molecule has 0 saturated carbocycles. The topological polar surface area (TPSA) is 18.5 Å². The quantitative estimate of drug-likeness (QED) is 0.0567. The van der Waals surface area contributed by atoms with Gasteiger partial charge in [0.1, 0.15) is 0 Å². The monoisotopic (exact) mass is 569 g/mol. The molecular formula is C36H76O2Si. The van der Waals surface area contributed by atoms with Crippen molar-refractivity contribution in [1.29, 1.82) is 0 Å². The van der Waals surface area contributed by atoms with E-state index < -0.39 is 8.56 Å². The van der Waals surface area contributed by atoms with Gasteiger partial charge in [0.05, 0.1) is 0 Å². The predicted octanol–water partition coefficient (Wildman–Crippen LogP) is 13.5. The van der Waals surface area contributed by atoms with E-state index in [1.165, 1.54) is 205 Å². The molecule has 0 aliphatic rings. The highest BCUT2D eigenvalue weighted by molar-refractivity contribution is 6.67. The minimum atomic E-state index is -1.95. The highest BCUT2D eigenvalue weighted by Gasteiger charge is 2.33. The molecule has 0 spiro atoms. The van der Waals surface area contributed by atoms with E-state index in [-0.39, 0.29) is 0 Å². The Bertz CT molecular complexity index is 438. The first kappa shape index (κ1) is 39.1. The SMILES string of the molecule is CCCCCCCCCCCCCCCCCCC[Si](CCCCCCCCCCCCCCC)(OC)OC. The molecule has 0 N–H and O–H groups in total. The average molecular weight is 569 g/mol. The van der Waals surface area contributed by atoms with Crippen LogP contribution in [0.25, 0.3) is 0 Å². The minimum Gasteiger partial charge on any atom is -0.398 e. The van der Waals surface area contributed by atoms with Gasteiger partial charge in [-0.1, -0.05) is 206 Å². The van der Waals surface area contributed by atoms with E-state index in [1.54, 1.807) is 0 Å². The first-order valence-electron chi connectivity index (χ1n) is 18.3. The zero-order valence-corrected chi connectivity index (χ0v) is 28.9. The molecule has 0 aliphatic carbocycles. The third-order valence-electron chi connectivity index (χ3n) is 9.07. The molecule has 0 bridgehead atoms. The molecule has 0 rings (SSSR count). The van der Waals surface area contributed by atoms with Crippen molar-refractivity contribution < 1.29 is 8.85 Å². The van der Waals surface area contributed by atoms with Crippen molar-refractivity contribution in [2.75, 3.05) is 14.2 Å². The minimum absolute atomic E-state index is 1.19. The highest BCUT2D eigenvalue weighted by atomic mass is 28.4. The van der Waals surface area contributed by atoms with Crippen LogP contribution in [0.15, 0.2) is 0 Å². The molecule has 0 aliphatic heterocycles. The number of rotatable bonds is 34. The predicted molar refractivity (Wildman–Crippen MR) is 179 cm³/mol. The third-order valence-corrected chi connectivity index (χ3v) is 12.8. The second kappa shape index (κ2) is 32.6. The fourth-order valence-electron chi connectivity index (χ4n) is 6.15. The second-order valence-corrected chi connectivity index (χ2v) is 16.4. The molecule has 0 atom stereocenters. The van der Waals surface area contributed by atoms with Crippen LogP contribution >= 0.6 is 0 Å². The second-order valence-electron chi connectivity index (χ2n) is 12.7. The maximum Gasteiger partial charge on any atom is 0.337 e. The zero-order chi connectivity index (χ0) is 28.5. The molecule has 3 heteroatoms. The van der Waals surface area contributed by atoms with Crippen molar-refractivity contribution in [1.82, 2.24) is 0 Å². The summed E-state index contributed by atoms with van der Waals surface area (Å²) in [5.74, 6) is 0. The summed E-state index contributed by atoms with van der Waals surface area (Å²) in [5, 5.41) is 0. The summed E-state index contributed by atoms with van der Waals surface area (Å²) in [6.45, 7) is 4.60. The van der Waals surface area contributed by atoms with Crippen molar-refractivity contribution in [2.24, 2.45) is 0 Å². The van der Waals surface area contributed by atoms with E-state index in [0.29, 0.717) is 0 Å². The first-order valence-corrected chi connectivity index (χ1v) is 20.6. The van der Waals surface area contributed by atoms with Crippen LogP contribution in [0.5, 0.6) is 0 Å². The van der Waals surface area contributed by atoms with Gasteiger partial charge in [0.25, 0.3) is 0 Å². The molecular weight excluding hydrogens is 492 g/mol. The smallest absolute Gasteiger partial charge is 0.337 e. The molecule has 39 heavy (non-hydrogen) atoms. The van der Waals surface area contributed by atoms with Gasteiger partial charge in [-0.05, 0) is 12.1 Å². The molecule has 0 unspecified atom stereocenters. The largest absolute Gasteiger partial charge is 0.398 e. The van der Waals surface area contributed by atoms with E-state index >= 15 is 0 Å². The van der Waals surface area contributed by atoms with Crippen LogP contribution in [0.4, 0.5) is 0 Å². The summed E-state index contributed by atoms with van der Waals surface area (Å²) in [6.07, 6.45) is 42.8. The lowest BCUT2D eigenvalue weighted by molar-refractivity contribution is 0.238. The Labute approximate surface area is 249 Å². The van der Waals surface area contributed by atoms with Crippen LogP contribution in [-0.2, 0) is 8.85 Å². The molecule has 0 aromatic rings. The van der Waals surface area contributed by atoms with Gasteiger partial charge in [0.15, 0.2) is 0 Å². The summed E-state index contributed by atoms with van der Waals surface area (Å²) >= 11 is 0. The maximum absolute atomic E-state index is 6.04. The molecule has 0 amide bonds. The normalized spacial score (nSPS) is 12.0. The van der Waals surface area contributed by atoms with E-state index in [9.17, 15) is 0 Å². The maximum atomic E-state index is 6.04. The Morgan fingerprint density at radius 3 is 0.641 bits per heavy atom. The van der Waals surface area contributed by atoms with Crippen LogP contribution in [0, 0.1) is 0 Å². The molecule has 0 aromatic carbocycles. The summed E-state index contributed by atoms with van der Waals surface area (Å²) in [6, 6.07) is 2.38. The Kier molecular flexibility index (Phi) is 32.8. The number of unbranched alkanes of at least 4 members (excludes halogenated alkanes) is 28. The average Bonchev–Trinajstić information content (AvgIpc) is 2.96. The van der Waals surface area contributed by atoms with Gasteiger partial charge in [-0.3, -0.25) is 0 Å². The fraction of sp³-hybridized carbons (Fsp3) is 1.00.